The molecule has 2 saturated heterocycles. The Morgan fingerprint density at radius 1 is 1.37 bits per heavy atom. The molecule has 1 unspecified atom stereocenters. The van der Waals surface area contributed by atoms with Crippen molar-refractivity contribution >= 4 is 47.6 Å². The van der Waals surface area contributed by atoms with Crippen LogP contribution in [0.2, 0.25) is 18.1 Å². The van der Waals surface area contributed by atoms with Gasteiger partial charge in [0.25, 0.3) is 5.56 Å². The van der Waals surface area contributed by atoms with Crippen molar-refractivity contribution in [2.75, 3.05) is 18.1 Å². The lowest BCUT2D eigenvalue weighted by Crippen LogP contribution is -2.49. The average Bonchev–Trinajstić information content (AvgIpc) is 3.18. The largest absolute Gasteiger partial charge is 0.408 e. The van der Waals surface area contributed by atoms with Crippen molar-refractivity contribution in [3.8, 4) is 0 Å². The monoisotopic (exact) mass is 514 g/mol. The Balaban J connectivity index is 1.87. The topological polar surface area (TPSA) is 82.6 Å². The van der Waals surface area contributed by atoms with Crippen LogP contribution in [0.15, 0.2) is 21.9 Å². The molecule has 0 aromatic carbocycles. The first-order valence-electron chi connectivity index (χ1n) is 9.65. The molecule has 7 nitrogen and oxygen atoms in total. The predicted octanol–water partition coefficient (Wildman–Crippen LogP) is 3.88. The van der Waals surface area contributed by atoms with Crippen molar-refractivity contribution in [3.05, 3.63) is 33.1 Å². The summed E-state index contributed by atoms with van der Waals surface area (Å²) in [5.74, 6) is 1.89. The zero-order valence-corrected chi connectivity index (χ0v) is 22.0. The second-order valence-corrected chi connectivity index (χ2v) is 24.3. The minimum Gasteiger partial charge on any atom is -0.408 e. The van der Waals surface area contributed by atoms with Gasteiger partial charge in [0.05, 0.1) is 6.61 Å². The van der Waals surface area contributed by atoms with Gasteiger partial charge in [-0.25, -0.2) is 9.18 Å². The number of nitrogens with one attached hydrogen (secondary N) is 1. The van der Waals surface area contributed by atoms with Crippen LogP contribution < -0.4 is 11.2 Å². The fraction of sp³-hybridized carbons (Fsp3) is 0.765. The van der Waals surface area contributed by atoms with Crippen LogP contribution in [0.3, 0.4) is 0 Å². The van der Waals surface area contributed by atoms with Gasteiger partial charge in [-0.15, -0.1) is 0 Å². The summed E-state index contributed by atoms with van der Waals surface area (Å²) in [5, 5.41) is -0.131. The molecule has 2 aliphatic rings. The molecule has 0 radical (unpaired) electrons. The Labute approximate surface area is 189 Å². The fourth-order valence-electron chi connectivity index (χ4n) is 2.91. The molecule has 0 saturated carbocycles. The molecular weight excluding hydrogens is 486 g/mol. The van der Waals surface area contributed by atoms with E-state index in [2.05, 4.69) is 25.8 Å². The van der Waals surface area contributed by atoms with Crippen molar-refractivity contribution in [1.29, 1.82) is 0 Å². The van der Waals surface area contributed by atoms with E-state index in [1.807, 2.05) is 13.1 Å². The molecule has 0 spiro atoms. The number of ether oxygens (including phenoxy) is 1. The lowest BCUT2D eigenvalue weighted by Gasteiger charge is -2.39. The summed E-state index contributed by atoms with van der Waals surface area (Å²) in [6.45, 7) is 10.4. The third-order valence-electron chi connectivity index (χ3n) is 5.61. The highest BCUT2D eigenvalue weighted by atomic mass is 33.2. The van der Waals surface area contributed by atoms with Gasteiger partial charge >= 0.3 is 5.69 Å². The minimum atomic E-state index is -2.33. The average molecular weight is 515 g/mol. The Kier molecular flexibility index (Phi) is 7.51. The number of rotatable bonds is 6. The molecule has 0 aliphatic carbocycles. The number of halogens is 1. The van der Waals surface area contributed by atoms with E-state index in [0.29, 0.717) is 0 Å². The fourth-order valence-corrected chi connectivity index (χ4v) is 13.1. The zero-order chi connectivity index (χ0) is 22.3. The summed E-state index contributed by atoms with van der Waals surface area (Å²) in [4.78, 5) is 25.8. The van der Waals surface area contributed by atoms with Gasteiger partial charge in [-0.3, -0.25) is 14.3 Å². The highest BCUT2D eigenvalue weighted by Gasteiger charge is 2.52. The Morgan fingerprint density at radius 2 is 2.00 bits per heavy atom. The molecular formula is C17H28FN2O5PS3Si. The minimum absolute atomic E-state index is 0.103. The maximum Gasteiger partial charge on any atom is 0.330 e. The van der Waals surface area contributed by atoms with E-state index in [1.165, 1.54) is 12.3 Å². The molecule has 30 heavy (non-hydrogen) atoms. The van der Waals surface area contributed by atoms with E-state index in [0.717, 1.165) is 16.1 Å². The van der Waals surface area contributed by atoms with Crippen LogP contribution in [0.5, 0.6) is 0 Å². The van der Waals surface area contributed by atoms with Crippen molar-refractivity contribution < 1.29 is 18.1 Å². The van der Waals surface area contributed by atoms with E-state index in [1.54, 1.807) is 22.8 Å². The molecule has 0 amide bonds. The molecule has 3 rings (SSSR count). The summed E-state index contributed by atoms with van der Waals surface area (Å²) in [7, 11) is -2.33. The Hall–Kier alpha value is 0.0569. The number of hydrogen-bond donors (Lipinski definition) is 1. The summed E-state index contributed by atoms with van der Waals surface area (Å²) >= 11 is 8.91. The van der Waals surface area contributed by atoms with Crippen LogP contribution in [0.25, 0.3) is 0 Å². The third kappa shape index (κ3) is 5.33. The van der Waals surface area contributed by atoms with Crippen molar-refractivity contribution in [2.24, 2.45) is 0 Å². The lowest BCUT2D eigenvalue weighted by molar-refractivity contribution is -0.0415. The summed E-state index contributed by atoms with van der Waals surface area (Å²) < 4.78 is 33.0. The van der Waals surface area contributed by atoms with Crippen LogP contribution in [0.1, 0.15) is 27.0 Å². The van der Waals surface area contributed by atoms with E-state index < -0.39 is 48.8 Å². The molecule has 2 aliphatic heterocycles. The van der Waals surface area contributed by atoms with Gasteiger partial charge in [0.1, 0.15) is 12.2 Å². The summed E-state index contributed by atoms with van der Waals surface area (Å²) in [6.07, 6.45) is -3.16. The number of aromatic amines is 1. The second kappa shape index (κ2) is 9.13. The van der Waals surface area contributed by atoms with Gasteiger partial charge in [0.2, 0.25) is 0 Å². The van der Waals surface area contributed by atoms with Gasteiger partial charge in [-0.05, 0) is 29.9 Å². The van der Waals surface area contributed by atoms with Gasteiger partial charge in [0.15, 0.2) is 25.4 Å². The Morgan fingerprint density at radius 3 is 2.57 bits per heavy atom. The molecule has 13 heteroatoms. The smallest absolute Gasteiger partial charge is 0.330 e. The normalized spacial score (nSPS) is 29.4. The van der Waals surface area contributed by atoms with Gasteiger partial charge < -0.3 is 13.7 Å². The number of H-pyrrole nitrogens is 1. The third-order valence-corrected chi connectivity index (χ3v) is 19.9. The first-order valence-corrected chi connectivity index (χ1v) is 18.5. The number of aromatic nitrogens is 2. The highest BCUT2D eigenvalue weighted by molar-refractivity contribution is 9.00. The van der Waals surface area contributed by atoms with Crippen molar-refractivity contribution in [1.82, 2.24) is 9.55 Å². The van der Waals surface area contributed by atoms with Crippen molar-refractivity contribution in [2.45, 2.75) is 63.5 Å². The lowest BCUT2D eigenvalue weighted by atomic mass is 10.1. The molecule has 1 N–H and O–H groups in total. The van der Waals surface area contributed by atoms with Crippen LogP contribution in [0.4, 0.5) is 4.39 Å². The molecule has 1 aromatic heterocycles. The number of alkyl halides is 1. The maximum atomic E-state index is 15.6. The van der Waals surface area contributed by atoms with Gasteiger partial charge in [-0.1, -0.05) is 43.5 Å². The maximum absolute atomic E-state index is 15.6. The summed E-state index contributed by atoms with van der Waals surface area (Å²) in [6, 6.07) is 1.17. The Bertz CT molecular complexity index is 927. The first-order chi connectivity index (χ1) is 13.8. The standard InChI is InChI=1S/C17H28FN2O5PS3Si/c1-17(2,3)30(4,5)25-14-11(10-23-26(27)28-8-9-29-26)24-15(13(14)18)20-7-6-12(21)19-16(20)22/h6-7,11,13-15H,8-10H2,1-5H3,(H,19,21,22)/t11-,13-,14?,15-/m1/s1. The van der Waals surface area contributed by atoms with E-state index in [4.69, 9.17) is 25.5 Å². The van der Waals surface area contributed by atoms with Gasteiger partial charge in [-0.2, -0.15) is 0 Å². The molecule has 2 fully saturated rings. The van der Waals surface area contributed by atoms with Crippen LogP contribution in [-0.2, 0) is 25.5 Å². The molecule has 1 aromatic rings. The van der Waals surface area contributed by atoms with Crippen LogP contribution in [-0.4, -0.2) is 54.4 Å². The van der Waals surface area contributed by atoms with Crippen LogP contribution >= 0.6 is 27.4 Å². The molecule has 4 atom stereocenters. The summed E-state index contributed by atoms with van der Waals surface area (Å²) in [5.41, 5.74) is -1.27. The van der Waals surface area contributed by atoms with E-state index in [-0.39, 0.29) is 11.6 Å². The molecule has 3 heterocycles. The quantitative estimate of drug-likeness (QED) is 0.452. The zero-order valence-electron chi connectivity index (χ0n) is 17.6. The van der Waals surface area contributed by atoms with E-state index >= 15 is 4.39 Å². The molecule has 0 bridgehead atoms. The number of nitrogens with zero attached hydrogens (tertiary/aromatic N) is 1. The van der Waals surface area contributed by atoms with Crippen molar-refractivity contribution in [3.63, 3.8) is 0 Å². The van der Waals surface area contributed by atoms with Crippen LogP contribution in [0, 0.1) is 0 Å². The highest BCUT2D eigenvalue weighted by Crippen LogP contribution is 2.74. The predicted molar refractivity (Wildman–Crippen MR) is 127 cm³/mol. The van der Waals surface area contributed by atoms with Gasteiger partial charge in [0, 0.05) is 23.8 Å². The molecule has 170 valence electrons. The van der Waals surface area contributed by atoms with E-state index in [9.17, 15) is 9.59 Å². The second-order valence-electron chi connectivity index (χ2n) is 8.78. The SMILES string of the molecule is CC(C)(C)[Si](C)(C)OC1[C@@H](F)[C@H](n2ccc(=O)[nH]c2=O)O[C@@H]1COP1(=S)SCCS1. The number of hydrogen-bond acceptors (Lipinski definition) is 8. The first kappa shape index (κ1) is 24.7.